The van der Waals surface area contributed by atoms with E-state index in [0.29, 0.717) is 23.6 Å². The van der Waals surface area contributed by atoms with E-state index in [4.69, 9.17) is 14.5 Å². The van der Waals surface area contributed by atoms with Crippen LogP contribution in [0.5, 0.6) is 0 Å². The molecule has 0 bridgehead atoms. The minimum Gasteiger partial charge on any atom is -0.379 e. The standard InChI is InChI=1S/C20H36N4O2/c1-3-21-19(22-17-14-18(26-4-2)20(17)7-5-8-20)24-9-6-16(15-24)23-10-12-25-13-11-23/h16-18H,3-15H2,1-2H3,(H,21,22). The smallest absolute Gasteiger partial charge is 0.194 e. The van der Waals surface area contributed by atoms with Gasteiger partial charge in [-0.25, -0.2) is 0 Å². The number of hydrogen-bond acceptors (Lipinski definition) is 4. The summed E-state index contributed by atoms with van der Waals surface area (Å²) in [6.45, 7) is 12.1. The summed E-state index contributed by atoms with van der Waals surface area (Å²) in [4.78, 5) is 9.95. The maximum absolute atomic E-state index is 6.02. The second-order valence-corrected chi connectivity index (χ2v) is 8.30. The molecule has 1 spiro atoms. The summed E-state index contributed by atoms with van der Waals surface area (Å²) in [6, 6.07) is 1.19. The van der Waals surface area contributed by atoms with Crippen molar-refractivity contribution in [3.63, 3.8) is 0 Å². The van der Waals surface area contributed by atoms with Crippen molar-refractivity contribution in [2.45, 2.75) is 64.1 Å². The van der Waals surface area contributed by atoms with Gasteiger partial charge in [0.25, 0.3) is 0 Å². The normalized spacial score (nSPS) is 34.6. The molecule has 26 heavy (non-hydrogen) atoms. The third-order valence-corrected chi connectivity index (χ3v) is 7.07. The van der Waals surface area contributed by atoms with Gasteiger partial charge < -0.3 is 19.7 Å². The number of nitrogens with one attached hydrogen (secondary N) is 1. The zero-order valence-corrected chi connectivity index (χ0v) is 16.6. The highest BCUT2D eigenvalue weighted by Crippen LogP contribution is 2.57. The Labute approximate surface area is 158 Å². The average Bonchev–Trinajstić information content (AvgIpc) is 3.09. The fourth-order valence-electron chi connectivity index (χ4n) is 5.36. The van der Waals surface area contributed by atoms with Crippen LogP contribution in [0.25, 0.3) is 0 Å². The van der Waals surface area contributed by atoms with E-state index in [0.717, 1.165) is 64.9 Å². The summed E-state index contributed by atoms with van der Waals surface area (Å²) < 4.78 is 11.5. The monoisotopic (exact) mass is 364 g/mol. The van der Waals surface area contributed by atoms with E-state index in [1.807, 2.05) is 0 Å². The summed E-state index contributed by atoms with van der Waals surface area (Å²) >= 11 is 0. The van der Waals surface area contributed by atoms with Crippen molar-refractivity contribution in [2.75, 3.05) is 52.5 Å². The summed E-state index contributed by atoms with van der Waals surface area (Å²) in [6.07, 6.45) is 6.81. The van der Waals surface area contributed by atoms with Crippen LogP contribution in [0, 0.1) is 5.41 Å². The summed E-state index contributed by atoms with van der Waals surface area (Å²) in [5.41, 5.74) is 0.383. The van der Waals surface area contributed by atoms with E-state index in [9.17, 15) is 0 Å². The van der Waals surface area contributed by atoms with Crippen LogP contribution in [0.2, 0.25) is 0 Å². The highest BCUT2D eigenvalue weighted by atomic mass is 16.5. The first-order valence-corrected chi connectivity index (χ1v) is 10.8. The van der Waals surface area contributed by atoms with Gasteiger partial charge in [-0.1, -0.05) is 6.42 Å². The zero-order chi connectivity index (χ0) is 18.0. The Morgan fingerprint density at radius 3 is 2.69 bits per heavy atom. The van der Waals surface area contributed by atoms with E-state index in [2.05, 4.69) is 29.0 Å². The molecule has 2 saturated heterocycles. The number of nitrogens with zero attached hydrogens (tertiary/aromatic N) is 3. The molecule has 0 aromatic carbocycles. The summed E-state index contributed by atoms with van der Waals surface area (Å²) in [5.74, 6) is 1.13. The Hall–Kier alpha value is -0.850. The minimum atomic E-state index is 0.383. The lowest BCUT2D eigenvalue weighted by molar-refractivity contribution is -0.168. The molecule has 3 unspecified atom stereocenters. The molecule has 2 heterocycles. The van der Waals surface area contributed by atoms with E-state index in [-0.39, 0.29) is 0 Å². The molecule has 1 N–H and O–H groups in total. The molecule has 0 radical (unpaired) electrons. The maximum atomic E-state index is 6.02. The predicted octanol–water partition coefficient (Wildman–Crippen LogP) is 1.71. The van der Waals surface area contributed by atoms with Crippen LogP contribution in [0.3, 0.4) is 0 Å². The van der Waals surface area contributed by atoms with Crippen molar-refractivity contribution >= 4 is 5.96 Å². The van der Waals surface area contributed by atoms with E-state index in [1.165, 1.54) is 25.7 Å². The van der Waals surface area contributed by atoms with E-state index in [1.54, 1.807) is 0 Å². The van der Waals surface area contributed by atoms with Gasteiger partial charge in [0.2, 0.25) is 0 Å². The molecule has 2 aliphatic carbocycles. The highest BCUT2D eigenvalue weighted by molar-refractivity contribution is 5.81. The lowest BCUT2D eigenvalue weighted by Gasteiger charge is -2.61. The Morgan fingerprint density at radius 1 is 1.23 bits per heavy atom. The van der Waals surface area contributed by atoms with Crippen molar-refractivity contribution in [2.24, 2.45) is 10.4 Å². The third kappa shape index (κ3) is 3.36. The lowest BCUT2D eigenvalue weighted by Crippen LogP contribution is -2.68. The lowest BCUT2D eigenvalue weighted by atomic mass is 9.51. The van der Waals surface area contributed by atoms with Gasteiger partial charge in [0.05, 0.1) is 19.3 Å². The molecular formula is C20H36N4O2. The first-order chi connectivity index (χ1) is 12.8. The van der Waals surface area contributed by atoms with Gasteiger partial charge in [-0.2, -0.15) is 0 Å². The molecule has 148 valence electrons. The van der Waals surface area contributed by atoms with Crippen molar-refractivity contribution < 1.29 is 9.47 Å². The fourth-order valence-corrected chi connectivity index (χ4v) is 5.36. The van der Waals surface area contributed by atoms with Gasteiger partial charge in [-0.05, 0) is 39.5 Å². The molecule has 4 rings (SSSR count). The molecule has 0 aromatic heterocycles. The van der Waals surface area contributed by atoms with Gasteiger partial charge in [-0.15, -0.1) is 0 Å². The molecule has 3 atom stereocenters. The molecule has 0 aromatic rings. The molecule has 4 aliphatic rings. The Bertz CT molecular complexity index is 502. The number of hydrogen-bond donors (Lipinski definition) is 1. The summed E-state index contributed by atoms with van der Waals surface area (Å²) in [5, 5.41) is 3.85. The predicted molar refractivity (Wildman–Crippen MR) is 104 cm³/mol. The van der Waals surface area contributed by atoms with E-state index < -0.39 is 0 Å². The van der Waals surface area contributed by atoms with Crippen LogP contribution < -0.4 is 5.32 Å². The van der Waals surface area contributed by atoms with Gasteiger partial charge in [-0.3, -0.25) is 9.89 Å². The SMILES string of the molecule is CCN=C(NC1CC(OCC)C12CCC2)N1CCC(N2CCOCC2)C1. The average molecular weight is 365 g/mol. The fraction of sp³-hybridized carbons (Fsp3) is 0.950. The van der Waals surface area contributed by atoms with Crippen molar-refractivity contribution in [3.8, 4) is 0 Å². The van der Waals surface area contributed by atoms with Crippen LogP contribution in [-0.4, -0.2) is 86.5 Å². The van der Waals surface area contributed by atoms with Crippen LogP contribution in [0.4, 0.5) is 0 Å². The molecule has 2 saturated carbocycles. The molecule has 0 amide bonds. The van der Waals surface area contributed by atoms with Gasteiger partial charge in [0.1, 0.15) is 0 Å². The maximum Gasteiger partial charge on any atom is 0.194 e. The van der Waals surface area contributed by atoms with E-state index >= 15 is 0 Å². The van der Waals surface area contributed by atoms with Gasteiger partial charge in [0, 0.05) is 56.8 Å². The first kappa shape index (κ1) is 18.5. The number of rotatable bonds is 5. The first-order valence-electron chi connectivity index (χ1n) is 10.8. The molecule has 4 fully saturated rings. The van der Waals surface area contributed by atoms with Crippen molar-refractivity contribution in [3.05, 3.63) is 0 Å². The zero-order valence-electron chi connectivity index (χ0n) is 16.6. The quantitative estimate of drug-likeness (QED) is 0.594. The largest absolute Gasteiger partial charge is 0.379 e. The second-order valence-electron chi connectivity index (χ2n) is 8.30. The Kier molecular flexibility index (Phi) is 5.72. The molecule has 6 nitrogen and oxygen atoms in total. The molecule has 6 heteroatoms. The second kappa shape index (κ2) is 8.03. The Balaban J connectivity index is 1.36. The molecule has 2 aliphatic heterocycles. The van der Waals surface area contributed by atoms with Gasteiger partial charge >= 0.3 is 0 Å². The molecular weight excluding hydrogens is 328 g/mol. The van der Waals surface area contributed by atoms with Crippen molar-refractivity contribution in [1.82, 2.24) is 15.1 Å². The topological polar surface area (TPSA) is 49.3 Å². The number of ether oxygens (including phenoxy) is 2. The third-order valence-electron chi connectivity index (χ3n) is 7.07. The number of aliphatic imine (C=N–C) groups is 1. The minimum absolute atomic E-state index is 0.383. The highest BCUT2D eigenvalue weighted by Gasteiger charge is 2.59. The number of morpholine rings is 1. The van der Waals surface area contributed by atoms with Crippen LogP contribution in [0.15, 0.2) is 4.99 Å². The van der Waals surface area contributed by atoms with Crippen LogP contribution in [-0.2, 0) is 9.47 Å². The number of guanidine groups is 1. The van der Waals surface area contributed by atoms with Gasteiger partial charge in [0.15, 0.2) is 5.96 Å². The van der Waals surface area contributed by atoms with Crippen LogP contribution >= 0.6 is 0 Å². The number of likely N-dealkylation sites (tertiary alicyclic amines) is 1. The van der Waals surface area contributed by atoms with Crippen molar-refractivity contribution in [1.29, 1.82) is 0 Å². The van der Waals surface area contributed by atoms with Crippen LogP contribution in [0.1, 0.15) is 46.0 Å². The Morgan fingerprint density at radius 2 is 2.04 bits per heavy atom. The summed E-state index contributed by atoms with van der Waals surface area (Å²) in [7, 11) is 0.